The monoisotopic (exact) mass is 288 g/mol. The summed E-state index contributed by atoms with van der Waals surface area (Å²) in [6.45, 7) is 3.79. The molecule has 0 saturated carbocycles. The van der Waals surface area contributed by atoms with Crippen LogP contribution in [0.3, 0.4) is 0 Å². The van der Waals surface area contributed by atoms with Crippen molar-refractivity contribution in [3.8, 4) is 0 Å². The zero-order valence-electron chi connectivity index (χ0n) is 10.7. The van der Waals surface area contributed by atoms with Crippen molar-refractivity contribution in [2.24, 2.45) is 5.73 Å². The third-order valence-corrected chi connectivity index (χ3v) is 2.19. The van der Waals surface area contributed by atoms with Crippen LogP contribution in [-0.4, -0.2) is 22.9 Å². The van der Waals surface area contributed by atoms with Gasteiger partial charge in [0, 0.05) is 23.7 Å². The Balaban J connectivity index is 0.00000324. The van der Waals surface area contributed by atoms with Crippen LogP contribution in [0.1, 0.15) is 24.2 Å². The summed E-state index contributed by atoms with van der Waals surface area (Å²) in [5, 5.41) is 13.3. The Labute approximate surface area is 116 Å². The number of nitrogen functional groups attached to an aromatic ring is 1. The number of rotatable bonds is 4. The first-order valence-corrected chi connectivity index (χ1v) is 5.32. The number of nitrogens with zero attached hydrogens (tertiary/aromatic N) is 1. The number of benzene rings is 1. The fourth-order valence-corrected chi connectivity index (χ4v) is 1.25. The van der Waals surface area contributed by atoms with Crippen LogP contribution in [0.4, 0.5) is 11.4 Å². The van der Waals surface area contributed by atoms with E-state index in [0.717, 1.165) is 6.07 Å². The Morgan fingerprint density at radius 2 is 2.05 bits per heavy atom. The van der Waals surface area contributed by atoms with Gasteiger partial charge in [-0.25, -0.2) is 0 Å². The van der Waals surface area contributed by atoms with E-state index in [-0.39, 0.29) is 35.9 Å². The quantitative estimate of drug-likeness (QED) is 0.434. The standard InChI is InChI=1S/C11H16N4O3.ClH/c1-11(2,13)6-14-10(16)7-3-4-8(12)9(5-7)15(17)18;/h3-5H,6,12-13H2,1-2H3,(H,14,16);1H. The highest BCUT2D eigenvalue weighted by Gasteiger charge is 2.17. The number of nitrogens with two attached hydrogens (primary N) is 2. The maximum Gasteiger partial charge on any atom is 0.292 e. The molecule has 0 saturated heterocycles. The minimum atomic E-state index is -0.626. The lowest BCUT2D eigenvalue weighted by Gasteiger charge is -2.18. The second kappa shape index (κ2) is 6.35. The van der Waals surface area contributed by atoms with E-state index in [2.05, 4.69) is 5.32 Å². The van der Waals surface area contributed by atoms with Gasteiger partial charge in [0.1, 0.15) is 5.69 Å². The van der Waals surface area contributed by atoms with Gasteiger partial charge in [0.2, 0.25) is 0 Å². The minimum Gasteiger partial charge on any atom is -0.393 e. The Morgan fingerprint density at radius 3 is 2.53 bits per heavy atom. The van der Waals surface area contributed by atoms with Crippen LogP contribution in [0, 0.1) is 10.1 Å². The molecule has 7 nitrogen and oxygen atoms in total. The molecule has 0 aliphatic heterocycles. The molecular formula is C11H17ClN4O3. The van der Waals surface area contributed by atoms with E-state index >= 15 is 0 Å². The SMILES string of the molecule is CC(C)(N)CNC(=O)c1ccc(N)c([N+](=O)[O-])c1.Cl. The summed E-state index contributed by atoms with van der Waals surface area (Å²) in [7, 11) is 0. The number of amides is 1. The number of hydrogen-bond acceptors (Lipinski definition) is 5. The second-order valence-corrected chi connectivity index (χ2v) is 4.70. The molecule has 1 aromatic rings. The first-order chi connectivity index (χ1) is 8.20. The van der Waals surface area contributed by atoms with Crippen molar-refractivity contribution < 1.29 is 9.72 Å². The average molecular weight is 289 g/mol. The topological polar surface area (TPSA) is 124 Å². The molecule has 8 heteroatoms. The summed E-state index contributed by atoms with van der Waals surface area (Å²) in [5.41, 5.74) is 10.5. The molecule has 0 heterocycles. The van der Waals surface area contributed by atoms with Crippen molar-refractivity contribution in [2.45, 2.75) is 19.4 Å². The maximum atomic E-state index is 11.7. The molecule has 0 radical (unpaired) electrons. The molecule has 19 heavy (non-hydrogen) atoms. The number of halogens is 1. The van der Waals surface area contributed by atoms with Gasteiger partial charge in [-0.05, 0) is 26.0 Å². The van der Waals surface area contributed by atoms with Crippen LogP contribution in [0.5, 0.6) is 0 Å². The second-order valence-electron chi connectivity index (χ2n) is 4.70. The zero-order chi connectivity index (χ0) is 13.9. The van der Waals surface area contributed by atoms with Crippen molar-refractivity contribution in [1.82, 2.24) is 5.32 Å². The third kappa shape index (κ3) is 5.11. The van der Waals surface area contributed by atoms with Crippen LogP contribution < -0.4 is 16.8 Å². The van der Waals surface area contributed by atoms with Gasteiger partial charge in [-0.2, -0.15) is 0 Å². The molecule has 106 valence electrons. The molecule has 0 atom stereocenters. The summed E-state index contributed by atoms with van der Waals surface area (Å²) >= 11 is 0. The first-order valence-electron chi connectivity index (χ1n) is 5.32. The van der Waals surface area contributed by atoms with E-state index in [1.165, 1.54) is 12.1 Å². The van der Waals surface area contributed by atoms with Crippen LogP contribution in [0.2, 0.25) is 0 Å². The number of nitro benzene ring substituents is 1. The fourth-order valence-electron chi connectivity index (χ4n) is 1.25. The number of anilines is 1. The number of carbonyl (C=O) groups excluding carboxylic acids is 1. The average Bonchev–Trinajstić information content (AvgIpc) is 2.25. The van der Waals surface area contributed by atoms with E-state index in [0.29, 0.717) is 0 Å². The summed E-state index contributed by atoms with van der Waals surface area (Å²) in [6.07, 6.45) is 0. The largest absolute Gasteiger partial charge is 0.393 e. The molecule has 0 aliphatic carbocycles. The van der Waals surface area contributed by atoms with Gasteiger partial charge in [0.05, 0.1) is 4.92 Å². The van der Waals surface area contributed by atoms with Crippen LogP contribution in [0.15, 0.2) is 18.2 Å². The Morgan fingerprint density at radius 1 is 1.47 bits per heavy atom. The van der Waals surface area contributed by atoms with Crippen molar-refractivity contribution in [2.75, 3.05) is 12.3 Å². The lowest BCUT2D eigenvalue weighted by Crippen LogP contribution is -2.45. The highest BCUT2D eigenvalue weighted by atomic mass is 35.5. The number of nitro groups is 1. The van der Waals surface area contributed by atoms with Crippen molar-refractivity contribution >= 4 is 29.7 Å². The molecular weight excluding hydrogens is 272 g/mol. The molecule has 1 amide bonds. The molecule has 0 spiro atoms. The normalized spacial score (nSPS) is 10.5. The van der Waals surface area contributed by atoms with Crippen LogP contribution in [0.25, 0.3) is 0 Å². The van der Waals surface area contributed by atoms with E-state index in [9.17, 15) is 14.9 Å². The van der Waals surface area contributed by atoms with Gasteiger partial charge in [-0.3, -0.25) is 14.9 Å². The third-order valence-electron chi connectivity index (χ3n) is 2.19. The lowest BCUT2D eigenvalue weighted by atomic mass is 10.1. The van der Waals surface area contributed by atoms with Gasteiger partial charge >= 0.3 is 0 Å². The smallest absolute Gasteiger partial charge is 0.292 e. The molecule has 0 aromatic heterocycles. The van der Waals surface area contributed by atoms with Crippen LogP contribution >= 0.6 is 12.4 Å². The summed E-state index contributed by atoms with van der Waals surface area (Å²) in [6, 6.07) is 3.91. The van der Waals surface area contributed by atoms with Crippen molar-refractivity contribution in [3.63, 3.8) is 0 Å². The van der Waals surface area contributed by atoms with Gasteiger partial charge in [-0.1, -0.05) is 0 Å². The molecule has 5 N–H and O–H groups in total. The highest BCUT2D eigenvalue weighted by Crippen LogP contribution is 2.22. The highest BCUT2D eigenvalue weighted by molar-refractivity contribution is 5.95. The molecule has 1 aromatic carbocycles. The molecule has 0 unspecified atom stereocenters. The zero-order valence-corrected chi connectivity index (χ0v) is 11.5. The van der Waals surface area contributed by atoms with Gasteiger partial charge < -0.3 is 16.8 Å². The summed E-state index contributed by atoms with van der Waals surface area (Å²) in [4.78, 5) is 21.8. The van der Waals surface area contributed by atoms with Gasteiger partial charge in [0.15, 0.2) is 0 Å². The predicted octanol–water partition coefficient (Wildman–Crippen LogP) is 1.07. The number of hydrogen-bond donors (Lipinski definition) is 3. The number of nitrogens with one attached hydrogen (secondary N) is 1. The van der Waals surface area contributed by atoms with Crippen LogP contribution in [-0.2, 0) is 0 Å². The fraction of sp³-hybridized carbons (Fsp3) is 0.364. The summed E-state index contributed by atoms with van der Waals surface area (Å²) < 4.78 is 0. The van der Waals surface area contributed by atoms with Gasteiger partial charge in [-0.15, -0.1) is 12.4 Å². The molecule has 0 fully saturated rings. The molecule has 0 bridgehead atoms. The lowest BCUT2D eigenvalue weighted by molar-refractivity contribution is -0.383. The minimum absolute atomic E-state index is 0. The Bertz CT molecular complexity index is 485. The van der Waals surface area contributed by atoms with Gasteiger partial charge in [0.25, 0.3) is 11.6 Å². The first kappa shape index (κ1) is 17.1. The molecule has 1 rings (SSSR count). The number of carbonyl (C=O) groups is 1. The van der Waals surface area contributed by atoms with Crippen molar-refractivity contribution in [3.05, 3.63) is 33.9 Å². The Hall–Kier alpha value is -1.86. The summed E-state index contributed by atoms with van der Waals surface area (Å²) in [5.74, 6) is -0.420. The van der Waals surface area contributed by atoms with E-state index < -0.39 is 16.4 Å². The van der Waals surface area contributed by atoms with Crippen molar-refractivity contribution in [1.29, 1.82) is 0 Å². The van der Waals surface area contributed by atoms with E-state index in [1.807, 2.05) is 0 Å². The maximum absolute atomic E-state index is 11.7. The van der Waals surface area contributed by atoms with E-state index in [4.69, 9.17) is 11.5 Å². The predicted molar refractivity (Wildman–Crippen MR) is 75.4 cm³/mol. The van der Waals surface area contributed by atoms with E-state index in [1.54, 1.807) is 13.8 Å². The Kier molecular flexibility index (Phi) is 5.73. The molecule has 0 aliphatic rings.